The average molecular weight is 481 g/mol. The molecule has 1 heterocycles. The largest absolute Gasteiger partial charge is 0.481 e. The predicted molar refractivity (Wildman–Crippen MR) is 121 cm³/mol. The number of hydrogen-bond donors (Lipinski definition) is 2. The van der Waals surface area contributed by atoms with Gasteiger partial charge in [-0.25, -0.2) is 4.98 Å². The Hall–Kier alpha value is -2.74. The number of ether oxygens (including phenoxy) is 1. The second kappa shape index (κ2) is 9.63. The van der Waals surface area contributed by atoms with Crippen molar-refractivity contribution in [1.82, 2.24) is 4.98 Å². The van der Waals surface area contributed by atoms with E-state index in [1.54, 1.807) is 6.92 Å². The number of carboxylic acid groups (broad SMARTS) is 1. The van der Waals surface area contributed by atoms with E-state index >= 15 is 0 Å². The summed E-state index contributed by atoms with van der Waals surface area (Å²) in [5.41, 5.74) is -0.229. The number of nitrogens with zero attached hydrogens (tertiary/aromatic N) is 1. The molecule has 1 aromatic carbocycles. The number of halogens is 3. The van der Waals surface area contributed by atoms with E-state index in [-0.39, 0.29) is 48.2 Å². The minimum atomic E-state index is -3.12. The first-order valence-electron chi connectivity index (χ1n) is 10.7. The number of carboxylic acids is 1. The summed E-state index contributed by atoms with van der Waals surface area (Å²) in [7, 11) is 0. The second-order valence-electron chi connectivity index (χ2n) is 9.02. The molecular formula is C24H27ClF2N2O4. The fourth-order valence-electron chi connectivity index (χ4n) is 4.42. The molecule has 33 heavy (non-hydrogen) atoms. The minimum Gasteiger partial charge on any atom is -0.481 e. The summed E-state index contributed by atoms with van der Waals surface area (Å²) in [4.78, 5) is 29.6. The Labute approximate surface area is 196 Å². The van der Waals surface area contributed by atoms with Crippen LogP contribution >= 0.6 is 11.6 Å². The number of hydrogen-bond acceptors (Lipinski definition) is 4. The molecule has 1 aliphatic rings. The van der Waals surface area contributed by atoms with E-state index in [0.29, 0.717) is 0 Å². The van der Waals surface area contributed by atoms with Crippen molar-refractivity contribution in [3.63, 3.8) is 0 Å². The number of aromatic nitrogens is 1. The molecule has 1 aromatic heterocycles. The van der Waals surface area contributed by atoms with Crippen LogP contribution in [0.4, 0.5) is 14.6 Å². The Balaban J connectivity index is 2.05. The molecule has 1 fully saturated rings. The molecule has 0 saturated heterocycles. The third-order valence-electron chi connectivity index (χ3n) is 6.52. The number of rotatable bonds is 7. The molecule has 1 saturated carbocycles. The van der Waals surface area contributed by atoms with E-state index in [9.17, 15) is 23.5 Å². The number of benzene rings is 1. The minimum absolute atomic E-state index is 0.0819. The maximum atomic E-state index is 13.8. The van der Waals surface area contributed by atoms with Crippen molar-refractivity contribution < 1.29 is 28.2 Å². The number of aliphatic carboxylic acids is 1. The maximum absolute atomic E-state index is 13.8. The molecule has 0 bridgehead atoms. The summed E-state index contributed by atoms with van der Waals surface area (Å²) < 4.78 is 30.3. The van der Waals surface area contributed by atoms with Crippen molar-refractivity contribution in [2.45, 2.75) is 64.4 Å². The number of pyridine rings is 1. The highest BCUT2D eigenvalue weighted by molar-refractivity contribution is 6.30. The molecule has 178 valence electrons. The van der Waals surface area contributed by atoms with Crippen LogP contribution in [-0.2, 0) is 15.0 Å². The Morgan fingerprint density at radius 3 is 2.39 bits per heavy atom. The van der Waals surface area contributed by atoms with E-state index < -0.39 is 29.3 Å². The number of nitrogens with one attached hydrogen (secondary N) is 1. The molecule has 9 heteroatoms. The summed E-state index contributed by atoms with van der Waals surface area (Å²) in [6.45, 7) is 2.59. The van der Waals surface area contributed by atoms with Crippen LogP contribution < -0.4 is 10.1 Å². The lowest BCUT2D eigenvalue weighted by molar-refractivity contribution is -0.151. The Bertz CT molecular complexity index is 1040. The van der Waals surface area contributed by atoms with E-state index in [2.05, 4.69) is 15.0 Å². The van der Waals surface area contributed by atoms with Gasteiger partial charge in [-0.15, -0.1) is 0 Å². The molecule has 0 aliphatic heterocycles. The predicted octanol–water partition coefficient (Wildman–Crippen LogP) is 6.00. The SMILES string of the molecule is CC(C)c1ccccc1C1(C(=O)Nc2ncc(Cl)cc2OC(F)F)CCC(C)(C(=O)O)CC1. The molecule has 2 aromatic rings. The van der Waals surface area contributed by atoms with Crippen LogP contribution in [0, 0.1) is 5.41 Å². The second-order valence-corrected chi connectivity index (χ2v) is 9.46. The lowest BCUT2D eigenvalue weighted by atomic mass is 9.60. The standard InChI is InChI=1S/C24H27ClF2N2O4/c1-14(2)16-6-4-5-7-17(16)24(10-8-23(3,9-11-24)21(31)32)20(30)29-19-18(33-22(26)27)12-15(25)13-28-19/h4-7,12-14,22H,8-11H2,1-3H3,(H,31,32)(H,28,29,30). The summed E-state index contributed by atoms with van der Waals surface area (Å²) in [5, 5.41) is 12.4. The first-order valence-corrected chi connectivity index (χ1v) is 11.1. The molecule has 1 amide bonds. The number of carbonyl (C=O) groups is 2. The molecule has 0 spiro atoms. The van der Waals surface area contributed by atoms with Gasteiger partial charge in [0, 0.05) is 12.3 Å². The molecule has 0 radical (unpaired) electrons. The van der Waals surface area contributed by atoms with Gasteiger partial charge in [-0.05, 0) is 49.7 Å². The zero-order valence-corrected chi connectivity index (χ0v) is 19.5. The van der Waals surface area contributed by atoms with Crippen LogP contribution in [0.1, 0.15) is 63.5 Å². The quantitative estimate of drug-likeness (QED) is 0.507. The molecule has 2 N–H and O–H groups in total. The molecule has 0 unspecified atom stereocenters. The fraction of sp³-hybridized carbons (Fsp3) is 0.458. The summed E-state index contributed by atoms with van der Waals surface area (Å²) >= 11 is 5.87. The maximum Gasteiger partial charge on any atom is 0.387 e. The molecule has 1 aliphatic carbocycles. The van der Waals surface area contributed by atoms with Gasteiger partial charge in [0.05, 0.1) is 15.9 Å². The number of amides is 1. The Kier molecular flexibility index (Phi) is 7.26. The fourth-order valence-corrected chi connectivity index (χ4v) is 4.57. The van der Waals surface area contributed by atoms with Gasteiger partial charge in [-0.2, -0.15) is 8.78 Å². The lowest BCUT2D eigenvalue weighted by Gasteiger charge is -2.43. The first-order chi connectivity index (χ1) is 15.5. The third-order valence-corrected chi connectivity index (χ3v) is 6.73. The van der Waals surface area contributed by atoms with Crippen molar-refractivity contribution in [2.24, 2.45) is 5.41 Å². The van der Waals surface area contributed by atoms with Gasteiger partial charge in [0.25, 0.3) is 0 Å². The van der Waals surface area contributed by atoms with Crippen molar-refractivity contribution >= 4 is 29.3 Å². The van der Waals surface area contributed by atoms with Crippen molar-refractivity contribution in [3.8, 4) is 5.75 Å². The molecule has 0 atom stereocenters. The number of alkyl halides is 2. The van der Waals surface area contributed by atoms with Crippen molar-refractivity contribution in [2.75, 3.05) is 5.32 Å². The van der Waals surface area contributed by atoms with E-state index in [4.69, 9.17) is 11.6 Å². The molecule has 3 rings (SSSR count). The smallest absolute Gasteiger partial charge is 0.387 e. The van der Waals surface area contributed by atoms with Gasteiger partial charge in [-0.3, -0.25) is 9.59 Å². The topological polar surface area (TPSA) is 88.5 Å². The van der Waals surface area contributed by atoms with Crippen LogP contribution in [0.3, 0.4) is 0 Å². The summed E-state index contributed by atoms with van der Waals surface area (Å²) in [6, 6.07) is 8.72. The molecule has 6 nitrogen and oxygen atoms in total. The number of anilines is 1. The monoisotopic (exact) mass is 480 g/mol. The van der Waals surface area contributed by atoms with Gasteiger partial charge in [-0.1, -0.05) is 49.7 Å². The van der Waals surface area contributed by atoms with E-state index in [1.807, 2.05) is 38.1 Å². The Morgan fingerprint density at radius 2 is 1.82 bits per heavy atom. The van der Waals surface area contributed by atoms with Crippen LogP contribution in [0.15, 0.2) is 36.5 Å². The molecular weight excluding hydrogens is 454 g/mol. The van der Waals surface area contributed by atoms with E-state index in [1.165, 1.54) is 6.20 Å². The third kappa shape index (κ3) is 5.11. The van der Waals surface area contributed by atoms with Crippen molar-refractivity contribution in [3.05, 3.63) is 52.7 Å². The van der Waals surface area contributed by atoms with Crippen LogP contribution in [0.25, 0.3) is 0 Å². The van der Waals surface area contributed by atoms with Gasteiger partial charge in [0.1, 0.15) is 0 Å². The van der Waals surface area contributed by atoms with Gasteiger partial charge >= 0.3 is 12.6 Å². The van der Waals surface area contributed by atoms with E-state index in [0.717, 1.165) is 17.2 Å². The highest BCUT2D eigenvalue weighted by Crippen LogP contribution is 2.49. The Morgan fingerprint density at radius 1 is 1.18 bits per heavy atom. The van der Waals surface area contributed by atoms with Crippen LogP contribution in [0.5, 0.6) is 5.75 Å². The highest BCUT2D eigenvalue weighted by atomic mass is 35.5. The number of carbonyl (C=O) groups excluding carboxylic acids is 1. The zero-order chi connectivity index (χ0) is 24.4. The van der Waals surface area contributed by atoms with Gasteiger partial charge in [0.2, 0.25) is 5.91 Å². The first kappa shape index (κ1) is 24.9. The highest BCUT2D eigenvalue weighted by Gasteiger charge is 2.50. The van der Waals surface area contributed by atoms with Crippen LogP contribution in [-0.4, -0.2) is 28.6 Å². The zero-order valence-electron chi connectivity index (χ0n) is 18.7. The van der Waals surface area contributed by atoms with Crippen LogP contribution in [0.2, 0.25) is 5.02 Å². The summed E-state index contributed by atoms with van der Waals surface area (Å²) in [5.74, 6) is -1.75. The van der Waals surface area contributed by atoms with Gasteiger partial charge in [0.15, 0.2) is 11.6 Å². The van der Waals surface area contributed by atoms with Gasteiger partial charge < -0.3 is 15.2 Å². The van der Waals surface area contributed by atoms with Crippen molar-refractivity contribution in [1.29, 1.82) is 0 Å². The normalized spacial score (nSPS) is 22.9. The lowest BCUT2D eigenvalue weighted by Crippen LogP contribution is -2.47. The average Bonchev–Trinajstić information content (AvgIpc) is 2.75. The summed E-state index contributed by atoms with van der Waals surface area (Å²) in [6.07, 6.45) is 2.37.